The summed E-state index contributed by atoms with van der Waals surface area (Å²) in [6.45, 7) is 8.84. The van der Waals surface area contributed by atoms with Gasteiger partial charge in [-0.2, -0.15) is 10.2 Å². The Morgan fingerprint density at radius 2 is 2.20 bits per heavy atom. The van der Waals surface area contributed by atoms with Crippen molar-refractivity contribution in [1.29, 1.82) is 0 Å². The van der Waals surface area contributed by atoms with Gasteiger partial charge in [0.1, 0.15) is 0 Å². The molecule has 0 unspecified atom stereocenters. The standard InChI is InChI=1S/C18H27N5O2/c1-5-25-11-14-9-23(10-16(14)13-6-20-22(4)8-13)18(24)15-7-19-21-17(15)12(2)3/h6-8,12,14,16H,5,9-11H2,1-4H3,(H,19,21)/t14-,16-/m0/s1. The third-order valence-electron chi connectivity index (χ3n) is 4.89. The molecule has 2 atom stereocenters. The van der Waals surface area contributed by atoms with E-state index in [2.05, 4.69) is 29.1 Å². The van der Waals surface area contributed by atoms with Gasteiger partial charge < -0.3 is 9.64 Å². The minimum Gasteiger partial charge on any atom is -0.381 e. The van der Waals surface area contributed by atoms with Gasteiger partial charge in [-0.25, -0.2) is 0 Å². The normalized spacial score (nSPS) is 20.6. The smallest absolute Gasteiger partial charge is 0.257 e. The number of carbonyl (C=O) groups excluding carboxylic acids is 1. The van der Waals surface area contributed by atoms with Crippen LogP contribution in [0.1, 0.15) is 54.2 Å². The monoisotopic (exact) mass is 345 g/mol. The molecule has 3 rings (SSSR count). The van der Waals surface area contributed by atoms with E-state index >= 15 is 0 Å². The number of ether oxygens (including phenoxy) is 1. The van der Waals surface area contributed by atoms with Crippen molar-refractivity contribution in [3.8, 4) is 0 Å². The third kappa shape index (κ3) is 3.61. The summed E-state index contributed by atoms with van der Waals surface area (Å²) in [5, 5.41) is 11.3. The number of likely N-dealkylation sites (tertiary alicyclic amines) is 1. The van der Waals surface area contributed by atoms with Crippen LogP contribution in [0.15, 0.2) is 18.6 Å². The molecule has 0 spiro atoms. The number of aromatic amines is 1. The van der Waals surface area contributed by atoms with Gasteiger partial charge in [0.15, 0.2) is 0 Å². The maximum Gasteiger partial charge on any atom is 0.257 e. The molecular formula is C18H27N5O2. The van der Waals surface area contributed by atoms with Crippen LogP contribution in [0.3, 0.4) is 0 Å². The zero-order valence-electron chi connectivity index (χ0n) is 15.4. The van der Waals surface area contributed by atoms with Crippen molar-refractivity contribution in [2.24, 2.45) is 13.0 Å². The quantitative estimate of drug-likeness (QED) is 0.870. The van der Waals surface area contributed by atoms with Gasteiger partial charge in [-0.15, -0.1) is 0 Å². The van der Waals surface area contributed by atoms with Crippen LogP contribution in [0.2, 0.25) is 0 Å². The fourth-order valence-corrected chi connectivity index (χ4v) is 3.56. The first-order valence-electron chi connectivity index (χ1n) is 8.90. The van der Waals surface area contributed by atoms with Crippen LogP contribution in [-0.2, 0) is 11.8 Å². The van der Waals surface area contributed by atoms with Crippen molar-refractivity contribution in [3.05, 3.63) is 35.4 Å². The number of hydrogen-bond donors (Lipinski definition) is 1. The highest BCUT2D eigenvalue weighted by molar-refractivity contribution is 5.95. The predicted octanol–water partition coefficient (Wildman–Crippen LogP) is 2.16. The Morgan fingerprint density at radius 3 is 2.84 bits per heavy atom. The van der Waals surface area contributed by atoms with Crippen molar-refractivity contribution in [2.45, 2.75) is 32.6 Å². The molecule has 0 saturated carbocycles. The molecule has 0 aliphatic carbocycles. The number of aryl methyl sites for hydroxylation is 1. The number of hydrogen-bond acceptors (Lipinski definition) is 4. The second-order valence-electron chi connectivity index (χ2n) is 7.04. The Balaban J connectivity index is 1.81. The Labute approximate surface area is 148 Å². The SMILES string of the molecule is CCOC[C@@H]1CN(C(=O)c2cn[nH]c2C(C)C)C[C@H]1c1cnn(C)c1. The molecule has 25 heavy (non-hydrogen) atoms. The van der Waals surface area contributed by atoms with Gasteiger partial charge in [0.25, 0.3) is 5.91 Å². The van der Waals surface area contributed by atoms with E-state index in [-0.39, 0.29) is 23.7 Å². The molecule has 0 aromatic carbocycles. The summed E-state index contributed by atoms with van der Waals surface area (Å²) >= 11 is 0. The Morgan fingerprint density at radius 1 is 1.40 bits per heavy atom. The van der Waals surface area contributed by atoms with Gasteiger partial charge in [-0.05, 0) is 18.4 Å². The van der Waals surface area contributed by atoms with Crippen molar-refractivity contribution in [3.63, 3.8) is 0 Å². The number of H-pyrrole nitrogens is 1. The zero-order valence-corrected chi connectivity index (χ0v) is 15.4. The van der Waals surface area contributed by atoms with E-state index < -0.39 is 0 Å². The summed E-state index contributed by atoms with van der Waals surface area (Å²) in [4.78, 5) is 15.0. The fraction of sp³-hybridized carbons (Fsp3) is 0.611. The van der Waals surface area contributed by atoms with Gasteiger partial charge in [-0.1, -0.05) is 13.8 Å². The predicted molar refractivity (Wildman–Crippen MR) is 94.5 cm³/mol. The number of rotatable bonds is 6. The number of aromatic nitrogens is 4. The molecule has 136 valence electrons. The van der Waals surface area contributed by atoms with Crippen LogP contribution < -0.4 is 0 Å². The lowest BCUT2D eigenvalue weighted by Crippen LogP contribution is -2.30. The molecule has 1 saturated heterocycles. The van der Waals surface area contributed by atoms with Crippen LogP contribution in [0.25, 0.3) is 0 Å². The fourth-order valence-electron chi connectivity index (χ4n) is 3.56. The Bertz CT molecular complexity index is 721. The van der Waals surface area contributed by atoms with Crippen LogP contribution in [0.4, 0.5) is 0 Å². The number of carbonyl (C=O) groups is 1. The minimum absolute atomic E-state index is 0.0466. The molecule has 2 aromatic heterocycles. The molecule has 1 fully saturated rings. The Kier molecular flexibility index (Phi) is 5.22. The molecular weight excluding hydrogens is 318 g/mol. The maximum absolute atomic E-state index is 13.0. The van der Waals surface area contributed by atoms with Gasteiger partial charge in [0.05, 0.1) is 30.3 Å². The molecule has 2 aromatic rings. The molecule has 0 bridgehead atoms. The van der Waals surface area contributed by atoms with Gasteiger partial charge in [0.2, 0.25) is 0 Å². The van der Waals surface area contributed by atoms with E-state index in [4.69, 9.17) is 4.74 Å². The van der Waals surface area contributed by atoms with E-state index in [1.807, 2.05) is 35.9 Å². The summed E-state index contributed by atoms with van der Waals surface area (Å²) in [6.07, 6.45) is 5.58. The first kappa shape index (κ1) is 17.7. The average molecular weight is 345 g/mol. The average Bonchev–Trinajstić information content (AvgIpc) is 3.30. The van der Waals surface area contributed by atoms with Crippen molar-refractivity contribution in [2.75, 3.05) is 26.3 Å². The van der Waals surface area contributed by atoms with E-state index in [0.717, 1.165) is 5.69 Å². The van der Waals surface area contributed by atoms with Crippen molar-refractivity contribution in [1.82, 2.24) is 24.9 Å². The molecule has 1 amide bonds. The lowest BCUT2D eigenvalue weighted by molar-refractivity contribution is 0.0761. The van der Waals surface area contributed by atoms with E-state index in [0.29, 0.717) is 31.9 Å². The number of amides is 1. The third-order valence-corrected chi connectivity index (χ3v) is 4.89. The topological polar surface area (TPSA) is 76.0 Å². The van der Waals surface area contributed by atoms with Crippen LogP contribution in [0, 0.1) is 5.92 Å². The zero-order chi connectivity index (χ0) is 18.0. The van der Waals surface area contributed by atoms with E-state index in [9.17, 15) is 4.79 Å². The second kappa shape index (κ2) is 7.39. The van der Waals surface area contributed by atoms with Gasteiger partial charge in [-0.3, -0.25) is 14.6 Å². The molecule has 1 aliphatic heterocycles. The first-order chi connectivity index (χ1) is 12.0. The van der Waals surface area contributed by atoms with Gasteiger partial charge >= 0.3 is 0 Å². The number of nitrogens with one attached hydrogen (secondary N) is 1. The highest BCUT2D eigenvalue weighted by atomic mass is 16.5. The highest BCUT2D eigenvalue weighted by Crippen LogP contribution is 2.34. The summed E-state index contributed by atoms with van der Waals surface area (Å²) < 4.78 is 7.48. The molecule has 0 radical (unpaired) electrons. The summed E-state index contributed by atoms with van der Waals surface area (Å²) in [5.41, 5.74) is 2.74. The van der Waals surface area contributed by atoms with Crippen LogP contribution in [0.5, 0.6) is 0 Å². The molecule has 7 heteroatoms. The van der Waals surface area contributed by atoms with Crippen molar-refractivity contribution < 1.29 is 9.53 Å². The molecule has 1 N–H and O–H groups in total. The Hall–Kier alpha value is -2.15. The summed E-state index contributed by atoms with van der Waals surface area (Å²) in [5.74, 6) is 0.809. The lowest BCUT2D eigenvalue weighted by Gasteiger charge is -2.17. The summed E-state index contributed by atoms with van der Waals surface area (Å²) in [7, 11) is 1.92. The molecule has 3 heterocycles. The number of nitrogens with zero attached hydrogens (tertiary/aromatic N) is 4. The highest BCUT2D eigenvalue weighted by Gasteiger charge is 2.38. The van der Waals surface area contributed by atoms with Crippen LogP contribution in [-0.4, -0.2) is 57.1 Å². The van der Waals surface area contributed by atoms with Gasteiger partial charge in [0, 0.05) is 44.8 Å². The molecule has 7 nitrogen and oxygen atoms in total. The van der Waals surface area contributed by atoms with E-state index in [1.54, 1.807) is 6.20 Å². The summed E-state index contributed by atoms with van der Waals surface area (Å²) in [6, 6.07) is 0. The minimum atomic E-state index is 0.0466. The van der Waals surface area contributed by atoms with Crippen molar-refractivity contribution >= 4 is 5.91 Å². The largest absolute Gasteiger partial charge is 0.381 e. The maximum atomic E-state index is 13.0. The second-order valence-corrected chi connectivity index (χ2v) is 7.04. The first-order valence-corrected chi connectivity index (χ1v) is 8.90. The lowest BCUT2D eigenvalue weighted by atomic mass is 9.92. The molecule has 1 aliphatic rings. The van der Waals surface area contributed by atoms with E-state index in [1.165, 1.54) is 5.56 Å². The van der Waals surface area contributed by atoms with Crippen LogP contribution >= 0.6 is 0 Å².